The molecule has 1 aromatic carbocycles. The molecule has 0 atom stereocenters. The van der Waals surface area contributed by atoms with Crippen LogP contribution in [-0.4, -0.2) is 25.6 Å². The van der Waals surface area contributed by atoms with Crippen molar-refractivity contribution < 1.29 is 4.79 Å². The number of hydrogen-bond acceptors (Lipinski definition) is 5. The van der Waals surface area contributed by atoms with E-state index in [1.165, 1.54) is 16.0 Å². The van der Waals surface area contributed by atoms with Crippen LogP contribution in [0.4, 0.5) is 0 Å². The number of carbonyl (C=O) groups is 1. The zero-order chi connectivity index (χ0) is 17.1. The van der Waals surface area contributed by atoms with E-state index in [0.29, 0.717) is 10.6 Å². The van der Waals surface area contributed by atoms with E-state index in [9.17, 15) is 9.59 Å². The highest BCUT2D eigenvalue weighted by Crippen LogP contribution is 2.15. The Hall–Kier alpha value is -2.54. The number of thiophene rings is 1. The quantitative estimate of drug-likeness (QED) is 0.645. The number of tetrazole rings is 1. The van der Waals surface area contributed by atoms with Crippen LogP contribution >= 0.6 is 11.3 Å². The second-order valence-corrected chi connectivity index (χ2v) is 6.33. The normalized spacial score (nSPS) is 10.9. The number of aryl methyl sites for hydroxylation is 2. The molecule has 0 amide bonds. The third kappa shape index (κ3) is 3.07. The minimum atomic E-state index is -0.407. The van der Waals surface area contributed by atoms with Crippen molar-refractivity contribution in [3.05, 3.63) is 62.9 Å². The first-order valence-electron chi connectivity index (χ1n) is 7.85. The topological polar surface area (TPSA) is 69.8 Å². The summed E-state index contributed by atoms with van der Waals surface area (Å²) in [7, 11) is 0. The molecule has 2 aromatic heterocycles. The summed E-state index contributed by atoms with van der Waals surface area (Å²) in [5.41, 5.74) is 2.34. The molecule has 0 unspecified atom stereocenters. The van der Waals surface area contributed by atoms with Gasteiger partial charge in [0.15, 0.2) is 5.78 Å². The van der Waals surface area contributed by atoms with Gasteiger partial charge < -0.3 is 0 Å². The summed E-state index contributed by atoms with van der Waals surface area (Å²) < 4.78 is 2.32. The molecule has 0 aliphatic rings. The molecule has 0 spiro atoms. The van der Waals surface area contributed by atoms with E-state index in [1.807, 2.05) is 43.5 Å². The SMILES string of the molecule is CCc1ccc(CC)c(C(=O)Cn2nnn(-c3cccs3)c2=O)c1. The first-order valence-corrected chi connectivity index (χ1v) is 8.73. The Balaban J connectivity index is 1.90. The van der Waals surface area contributed by atoms with Gasteiger partial charge in [-0.15, -0.1) is 11.3 Å². The van der Waals surface area contributed by atoms with Gasteiger partial charge in [-0.3, -0.25) is 4.79 Å². The molecule has 0 saturated carbocycles. The lowest BCUT2D eigenvalue weighted by Crippen LogP contribution is -2.27. The van der Waals surface area contributed by atoms with Crippen molar-refractivity contribution in [2.75, 3.05) is 0 Å². The number of benzene rings is 1. The molecule has 6 nitrogen and oxygen atoms in total. The van der Waals surface area contributed by atoms with Gasteiger partial charge in [0.05, 0.1) is 0 Å². The highest BCUT2D eigenvalue weighted by atomic mass is 32.1. The zero-order valence-electron chi connectivity index (χ0n) is 13.6. The van der Waals surface area contributed by atoms with Crippen LogP contribution in [0.2, 0.25) is 0 Å². The summed E-state index contributed by atoms with van der Waals surface area (Å²) in [6, 6.07) is 9.55. The summed E-state index contributed by atoms with van der Waals surface area (Å²) in [5.74, 6) is -0.123. The van der Waals surface area contributed by atoms with Crippen molar-refractivity contribution in [1.82, 2.24) is 19.8 Å². The number of carbonyl (C=O) groups excluding carboxylic acids is 1. The van der Waals surface area contributed by atoms with Crippen molar-refractivity contribution in [2.24, 2.45) is 0 Å². The second kappa shape index (κ2) is 6.92. The molecular formula is C17H18N4O2S. The molecule has 0 saturated heterocycles. The predicted molar refractivity (Wildman–Crippen MR) is 93.0 cm³/mol. The van der Waals surface area contributed by atoms with Crippen LogP contribution in [0.5, 0.6) is 0 Å². The van der Waals surface area contributed by atoms with E-state index in [0.717, 1.165) is 28.7 Å². The Labute approximate surface area is 143 Å². The Morgan fingerprint density at radius 2 is 2.00 bits per heavy atom. The van der Waals surface area contributed by atoms with Gasteiger partial charge in [-0.05, 0) is 58.0 Å². The number of nitrogens with zero attached hydrogens (tertiary/aromatic N) is 4. The Kier molecular flexibility index (Phi) is 4.71. The van der Waals surface area contributed by atoms with Gasteiger partial charge in [0.25, 0.3) is 0 Å². The smallest absolute Gasteiger partial charge is 0.292 e. The van der Waals surface area contributed by atoms with Crippen LogP contribution in [0.1, 0.15) is 35.3 Å². The largest absolute Gasteiger partial charge is 0.369 e. The number of aromatic nitrogens is 4. The minimum absolute atomic E-state index is 0.107. The number of Topliss-reactive ketones (excluding diaryl/α,β-unsaturated/α-hetero) is 1. The van der Waals surface area contributed by atoms with Crippen molar-refractivity contribution in [3.8, 4) is 5.00 Å². The fourth-order valence-corrected chi connectivity index (χ4v) is 3.20. The molecule has 3 rings (SSSR count). The molecule has 7 heteroatoms. The monoisotopic (exact) mass is 342 g/mol. The van der Waals surface area contributed by atoms with E-state index in [1.54, 1.807) is 6.07 Å². The summed E-state index contributed by atoms with van der Waals surface area (Å²) in [6.45, 7) is 3.95. The van der Waals surface area contributed by atoms with Crippen LogP contribution in [0.25, 0.3) is 5.00 Å². The maximum absolute atomic E-state index is 12.7. The van der Waals surface area contributed by atoms with E-state index >= 15 is 0 Å². The molecule has 124 valence electrons. The number of ketones is 1. The average Bonchev–Trinajstić information content (AvgIpc) is 3.24. The summed E-state index contributed by atoms with van der Waals surface area (Å²) in [4.78, 5) is 25.0. The standard InChI is InChI=1S/C17H18N4O2S/c1-3-12-7-8-13(4-2)14(10-12)15(22)11-20-17(23)21(19-18-20)16-6-5-9-24-16/h5-10H,3-4,11H2,1-2H3. The predicted octanol–water partition coefficient (Wildman–Crippen LogP) is 2.50. The molecule has 0 N–H and O–H groups in total. The van der Waals surface area contributed by atoms with Crippen LogP contribution in [0.3, 0.4) is 0 Å². The lowest BCUT2D eigenvalue weighted by Gasteiger charge is -2.08. The highest BCUT2D eigenvalue weighted by molar-refractivity contribution is 7.12. The van der Waals surface area contributed by atoms with Gasteiger partial charge in [-0.2, -0.15) is 9.36 Å². The van der Waals surface area contributed by atoms with Crippen molar-refractivity contribution in [3.63, 3.8) is 0 Å². The molecule has 3 aromatic rings. The minimum Gasteiger partial charge on any atom is -0.292 e. The third-order valence-electron chi connectivity index (χ3n) is 3.91. The Morgan fingerprint density at radius 3 is 2.67 bits per heavy atom. The van der Waals surface area contributed by atoms with Crippen LogP contribution in [0.15, 0.2) is 40.5 Å². The van der Waals surface area contributed by atoms with E-state index in [2.05, 4.69) is 10.4 Å². The van der Waals surface area contributed by atoms with Crippen LogP contribution in [-0.2, 0) is 19.4 Å². The molecule has 2 heterocycles. The number of rotatable bonds is 6. The summed E-state index contributed by atoms with van der Waals surface area (Å²) >= 11 is 1.39. The molecular weight excluding hydrogens is 324 g/mol. The van der Waals surface area contributed by atoms with Gasteiger partial charge in [-0.25, -0.2) is 4.79 Å². The summed E-state index contributed by atoms with van der Waals surface area (Å²) in [5, 5.41) is 10.2. The number of hydrogen-bond donors (Lipinski definition) is 0. The Morgan fingerprint density at radius 1 is 1.17 bits per heavy atom. The van der Waals surface area contributed by atoms with Crippen molar-refractivity contribution >= 4 is 17.1 Å². The van der Waals surface area contributed by atoms with Crippen molar-refractivity contribution in [2.45, 2.75) is 33.2 Å². The van der Waals surface area contributed by atoms with Crippen LogP contribution in [0, 0.1) is 0 Å². The molecule has 0 fully saturated rings. The first-order chi connectivity index (χ1) is 11.6. The lowest BCUT2D eigenvalue weighted by molar-refractivity contribution is 0.0964. The molecule has 0 radical (unpaired) electrons. The molecule has 0 aliphatic heterocycles. The van der Waals surface area contributed by atoms with E-state index < -0.39 is 5.69 Å². The van der Waals surface area contributed by atoms with Crippen LogP contribution < -0.4 is 5.69 Å². The van der Waals surface area contributed by atoms with Gasteiger partial charge in [0.2, 0.25) is 0 Å². The van der Waals surface area contributed by atoms with Gasteiger partial charge >= 0.3 is 5.69 Å². The van der Waals surface area contributed by atoms with E-state index in [-0.39, 0.29) is 12.3 Å². The fraction of sp³-hybridized carbons (Fsp3) is 0.294. The maximum atomic E-state index is 12.7. The highest BCUT2D eigenvalue weighted by Gasteiger charge is 2.16. The van der Waals surface area contributed by atoms with E-state index in [4.69, 9.17) is 0 Å². The molecule has 0 aliphatic carbocycles. The fourth-order valence-electron chi connectivity index (χ4n) is 2.53. The third-order valence-corrected chi connectivity index (χ3v) is 4.76. The average molecular weight is 342 g/mol. The zero-order valence-corrected chi connectivity index (χ0v) is 14.4. The van der Waals surface area contributed by atoms with Gasteiger partial charge in [0, 0.05) is 5.56 Å². The lowest BCUT2D eigenvalue weighted by atomic mass is 9.98. The molecule has 24 heavy (non-hydrogen) atoms. The first kappa shape index (κ1) is 16.3. The maximum Gasteiger partial charge on any atom is 0.369 e. The Bertz CT molecular complexity index is 909. The van der Waals surface area contributed by atoms with Gasteiger partial charge in [0.1, 0.15) is 11.5 Å². The second-order valence-electron chi connectivity index (χ2n) is 5.40. The summed E-state index contributed by atoms with van der Waals surface area (Å²) in [6.07, 6.45) is 1.63. The molecule has 0 bridgehead atoms. The van der Waals surface area contributed by atoms with Crippen molar-refractivity contribution in [1.29, 1.82) is 0 Å². The van der Waals surface area contributed by atoms with Gasteiger partial charge in [-0.1, -0.05) is 26.0 Å².